The van der Waals surface area contributed by atoms with Gasteiger partial charge in [-0.15, -0.1) is 12.4 Å². The average Bonchev–Trinajstić information content (AvgIpc) is 2.55. The molecule has 2 atom stereocenters. The lowest BCUT2D eigenvalue weighted by molar-refractivity contribution is -0.132. The van der Waals surface area contributed by atoms with Gasteiger partial charge in [-0.25, -0.2) is 0 Å². The van der Waals surface area contributed by atoms with E-state index in [1.807, 2.05) is 23.6 Å². The van der Waals surface area contributed by atoms with Crippen LogP contribution >= 0.6 is 24.2 Å². The van der Waals surface area contributed by atoms with Gasteiger partial charge in [0.15, 0.2) is 0 Å². The Bertz CT molecular complexity index is 262. The number of carbonyl (C=O) groups excluding carboxylic acids is 1. The maximum Gasteiger partial charge on any atom is 0.224 e. The van der Waals surface area contributed by atoms with Gasteiger partial charge >= 0.3 is 0 Å². The standard InChI is InChI=1S/C12H22N2O2S.ClH/c1-10-8-14(4-2-5-16-10)12(15)7-11-9-17-6-3-13-11;/h10-11,13H,2-9H2,1H3;1H. The Balaban J connectivity index is 0.00000162. The van der Waals surface area contributed by atoms with Crippen LogP contribution in [0.5, 0.6) is 0 Å². The molecule has 1 N–H and O–H groups in total. The van der Waals surface area contributed by atoms with Crippen LogP contribution in [-0.2, 0) is 9.53 Å². The van der Waals surface area contributed by atoms with E-state index in [2.05, 4.69) is 5.32 Å². The van der Waals surface area contributed by atoms with Gasteiger partial charge in [-0.05, 0) is 13.3 Å². The van der Waals surface area contributed by atoms with E-state index in [0.29, 0.717) is 12.5 Å². The number of halogens is 1. The quantitative estimate of drug-likeness (QED) is 0.829. The molecular weight excluding hydrogens is 272 g/mol. The molecule has 0 aliphatic carbocycles. The molecule has 0 spiro atoms. The Morgan fingerprint density at radius 2 is 2.39 bits per heavy atom. The molecule has 0 bridgehead atoms. The second-order valence-corrected chi connectivity index (χ2v) is 5.95. The zero-order valence-electron chi connectivity index (χ0n) is 10.9. The van der Waals surface area contributed by atoms with Crippen molar-refractivity contribution in [3.63, 3.8) is 0 Å². The Hall–Kier alpha value is 0.0300. The topological polar surface area (TPSA) is 41.6 Å². The van der Waals surface area contributed by atoms with Crippen molar-refractivity contribution in [2.75, 3.05) is 37.7 Å². The molecule has 2 unspecified atom stereocenters. The summed E-state index contributed by atoms with van der Waals surface area (Å²) in [7, 11) is 0. The van der Waals surface area contributed by atoms with Crippen molar-refractivity contribution in [3.8, 4) is 0 Å². The fourth-order valence-corrected chi connectivity index (χ4v) is 3.26. The SMILES string of the molecule is CC1CN(C(=O)CC2CSCCN2)CCCO1.Cl. The number of nitrogens with zero attached hydrogens (tertiary/aromatic N) is 1. The number of thioether (sulfide) groups is 1. The minimum Gasteiger partial charge on any atom is -0.377 e. The van der Waals surface area contributed by atoms with Crippen molar-refractivity contribution in [1.82, 2.24) is 10.2 Å². The molecule has 2 fully saturated rings. The minimum atomic E-state index is 0. The summed E-state index contributed by atoms with van der Waals surface area (Å²) in [6, 6.07) is 0.362. The van der Waals surface area contributed by atoms with Crippen molar-refractivity contribution in [2.24, 2.45) is 0 Å². The second kappa shape index (κ2) is 8.25. The summed E-state index contributed by atoms with van der Waals surface area (Å²) in [6.45, 7) is 5.45. The highest BCUT2D eigenvalue weighted by molar-refractivity contribution is 7.99. The van der Waals surface area contributed by atoms with E-state index >= 15 is 0 Å². The van der Waals surface area contributed by atoms with Gasteiger partial charge in [0.2, 0.25) is 5.91 Å². The first kappa shape index (κ1) is 16.1. The van der Waals surface area contributed by atoms with Crippen molar-refractivity contribution in [2.45, 2.75) is 31.9 Å². The van der Waals surface area contributed by atoms with Gasteiger partial charge in [0.1, 0.15) is 0 Å². The van der Waals surface area contributed by atoms with E-state index in [0.717, 1.165) is 38.4 Å². The van der Waals surface area contributed by atoms with E-state index in [1.165, 1.54) is 5.75 Å². The van der Waals surface area contributed by atoms with E-state index < -0.39 is 0 Å². The number of rotatable bonds is 2. The summed E-state index contributed by atoms with van der Waals surface area (Å²) in [5, 5.41) is 3.42. The number of hydrogen-bond acceptors (Lipinski definition) is 4. The van der Waals surface area contributed by atoms with Crippen LogP contribution in [-0.4, -0.2) is 60.7 Å². The van der Waals surface area contributed by atoms with Gasteiger partial charge in [0, 0.05) is 50.2 Å². The highest BCUT2D eigenvalue weighted by atomic mass is 35.5. The molecule has 1 amide bonds. The third-order valence-corrected chi connectivity index (χ3v) is 4.36. The predicted octanol–water partition coefficient (Wildman–Crippen LogP) is 1.14. The van der Waals surface area contributed by atoms with Gasteiger partial charge in [-0.1, -0.05) is 0 Å². The molecule has 2 rings (SSSR count). The van der Waals surface area contributed by atoms with Gasteiger partial charge in [0.25, 0.3) is 0 Å². The molecule has 0 saturated carbocycles. The predicted molar refractivity (Wildman–Crippen MR) is 77.6 cm³/mol. The van der Waals surface area contributed by atoms with E-state index in [1.54, 1.807) is 0 Å². The molecule has 2 aliphatic rings. The number of carbonyl (C=O) groups is 1. The fourth-order valence-electron chi connectivity index (χ4n) is 2.31. The molecule has 0 aromatic carbocycles. The molecule has 2 heterocycles. The third-order valence-electron chi connectivity index (χ3n) is 3.22. The van der Waals surface area contributed by atoms with Crippen molar-refractivity contribution in [3.05, 3.63) is 0 Å². The highest BCUT2D eigenvalue weighted by Gasteiger charge is 2.23. The summed E-state index contributed by atoms with van der Waals surface area (Å²) >= 11 is 1.94. The summed E-state index contributed by atoms with van der Waals surface area (Å²) < 4.78 is 5.56. The second-order valence-electron chi connectivity index (χ2n) is 4.80. The van der Waals surface area contributed by atoms with Crippen LogP contribution in [0.15, 0.2) is 0 Å². The molecule has 2 aliphatic heterocycles. The molecule has 106 valence electrons. The molecule has 0 radical (unpaired) electrons. The first-order chi connectivity index (χ1) is 8.25. The Morgan fingerprint density at radius 1 is 1.56 bits per heavy atom. The fraction of sp³-hybridized carbons (Fsp3) is 0.917. The van der Waals surface area contributed by atoms with Gasteiger partial charge in [0.05, 0.1) is 6.10 Å². The van der Waals surface area contributed by atoms with Crippen LogP contribution in [0.25, 0.3) is 0 Å². The van der Waals surface area contributed by atoms with Crippen LogP contribution in [0.3, 0.4) is 0 Å². The lowest BCUT2D eigenvalue weighted by Crippen LogP contribution is -2.44. The van der Waals surface area contributed by atoms with E-state index in [-0.39, 0.29) is 24.4 Å². The molecule has 18 heavy (non-hydrogen) atoms. The summed E-state index contributed by atoms with van der Waals surface area (Å²) in [5.74, 6) is 2.51. The molecule has 0 aromatic rings. The summed E-state index contributed by atoms with van der Waals surface area (Å²) in [5.41, 5.74) is 0. The maximum atomic E-state index is 12.2. The zero-order chi connectivity index (χ0) is 12.1. The summed E-state index contributed by atoms with van der Waals surface area (Å²) in [6.07, 6.45) is 1.78. The third kappa shape index (κ3) is 4.96. The molecule has 4 nitrogen and oxygen atoms in total. The summed E-state index contributed by atoms with van der Waals surface area (Å²) in [4.78, 5) is 14.2. The molecule has 2 saturated heterocycles. The van der Waals surface area contributed by atoms with Crippen molar-refractivity contribution < 1.29 is 9.53 Å². The van der Waals surface area contributed by atoms with Crippen LogP contribution in [0.1, 0.15) is 19.8 Å². The van der Waals surface area contributed by atoms with Gasteiger partial charge in [-0.3, -0.25) is 4.79 Å². The lowest BCUT2D eigenvalue weighted by Gasteiger charge is -2.27. The lowest BCUT2D eigenvalue weighted by atomic mass is 10.2. The van der Waals surface area contributed by atoms with Gasteiger partial charge < -0.3 is 15.0 Å². The number of hydrogen-bond donors (Lipinski definition) is 1. The normalized spacial score (nSPS) is 29.3. The van der Waals surface area contributed by atoms with Crippen LogP contribution in [0, 0.1) is 0 Å². The smallest absolute Gasteiger partial charge is 0.224 e. The average molecular weight is 295 g/mol. The number of amides is 1. The maximum absolute atomic E-state index is 12.2. The molecule has 0 aromatic heterocycles. The zero-order valence-corrected chi connectivity index (χ0v) is 12.5. The van der Waals surface area contributed by atoms with Crippen molar-refractivity contribution >= 4 is 30.1 Å². The first-order valence-corrected chi connectivity index (χ1v) is 7.61. The van der Waals surface area contributed by atoms with E-state index in [9.17, 15) is 4.79 Å². The minimum absolute atomic E-state index is 0. The molecular formula is C12H23ClN2O2S. The monoisotopic (exact) mass is 294 g/mol. The Labute approximate surface area is 120 Å². The Morgan fingerprint density at radius 3 is 3.11 bits per heavy atom. The van der Waals surface area contributed by atoms with E-state index in [4.69, 9.17) is 4.74 Å². The largest absolute Gasteiger partial charge is 0.377 e. The first-order valence-electron chi connectivity index (χ1n) is 6.46. The molecule has 6 heteroatoms. The number of ether oxygens (including phenoxy) is 1. The Kier molecular flexibility index (Phi) is 7.37. The van der Waals surface area contributed by atoms with Crippen molar-refractivity contribution in [1.29, 1.82) is 0 Å². The van der Waals surface area contributed by atoms with Gasteiger partial charge in [-0.2, -0.15) is 11.8 Å². The number of nitrogens with one attached hydrogen (secondary N) is 1. The van der Waals surface area contributed by atoms with Crippen LogP contribution in [0.4, 0.5) is 0 Å². The van der Waals surface area contributed by atoms with Crippen LogP contribution in [0.2, 0.25) is 0 Å². The highest BCUT2D eigenvalue weighted by Crippen LogP contribution is 2.13. The van der Waals surface area contributed by atoms with Crippen LogP contribution < -0.4 is 5.32 Å².